The molecule has 1 heterocycles. The van der Waals surface area contributed by atoms with Crippen LogP contribution in [0.4, 0.5) is 8.78 Å². The first-order chi connectivity index (χ1) is 8.58. The highest BCUT2D eigenvalue weighted by Gasteiger charge is 2.22. The fraction of sp³-hybridized carbons (Fsp3) is 0.200. The molecule has 2 rings (SSSR count). The minimum Gasteiger partial charge on any atom is -0.491 e. The second-order valence-electron chi connectivity index (χ2n) is 3.28. The average Bonchev–Trinajstić information content (AvgIpc) is 2.83. The number of benzene rings is 1. The lowest BCUT2D eigenvalue weighted by atomic mass is 10.2. The molecule has 1 aromatic heterocycles. The third kappa shape index (κ3) is 2.08. The Labute approximate surface area is 109 Å². The van der Waals surface area contributed by atoms with Crippen LogP contribution in [0.3, 0.4) is 0 Å². The maximum Gasteiger partial charge on any atom is 0.240 e. The van der Waals surface area contributed by atoms with Crippen molar-refractivity contribution in [2.45, 2.75) is 6.54 Å². The molecule has 8 heteroatoms. The van der Waals surface area contributed by atoms with Crippen molar-refractivity contribution in [2.75, 3.05) is 7.11 Å². The maximum absolute atomic E-state index is 14.0. The van der Waals surface area contributed by atoms with Crippen LogP contribution in [0.15, 0.2) is 15.1 Å². The van der Waals surface area contributed by atoms with E-state index < -0.39 is 17.4 Å². The molecule has 2 aromatic rings. The molecule has 96 valence electrons. The molecule has 0 saturated carbocycles. The van der Waals surface area contributed by atoms with Crippen LogP contribution in [-0.4, -0.2) is 17.3 Å². The predicted molar refractivity (Wildman–Crippen MR) is 61.8 cm³/mol. The van der Waals surface area contributed by atoms with E-state index in [0.717, 1.165) is 0 Å². The summed E-state index contributed by atoms with van der Waals surface area (Å²) in [6.07, 6.45) is 0. The van der Waals surface area contributed by atoms with Crippen LogP contribution >= 0.6 is 15.9 Å². The molecule has 0 fully saturated rings. The van der Waals surface area contributed by atoms with Gasteiger partial charge in [-0.2, -0.15) is 4.98 Å². The minimum absolute atomic E-state index is 0.0213. The molecular formula is C10H8BrF2N3O2. The molecule has 0 aliphatic rings. The molecule has 0 saturated heterocycles. The van der Waals surface area contributed by atoms with Crippen molar-refractivity contribution in [1.29, 1.82) is 0 Å². The third-order valence-corrected chi connectivity index (χ3v) is 2.78. The van der Waals surface area contributed by atoms with Crippen LogP contribution in [0.1, 0.15) is 5.89 Å². The van der Waals surface area contributed by atoms with Crippen molar-refractivity contribution in [3.63, 3.8) is 0 Å². The smallest absolute Gasteiger partial charge is 0.240 e. The monoisotopic (exact) mass is 319 g/mol. The highest BCUT2D eigenvalue weighted by Crippen LogP contribution is 2.34. The largest absolute Gasteiger partial charge is 0.491 e. The number of nitrogens with zero attached hydrogens (tertiary/aromatic N) is 2. The summed E-state index contributed by atoms with van der Waals surface area (Å²) in [6, 6.07) is 1.21. The van der Waals surface area contributed by atoms with Gasteiger partial charge < -0.3 is 15.0 Å². The van der Waals surface area contributed by atoms with Crippen LogP contribution in [0, 0.1) is 11.6 Å². The van der Waals surface area contributed by atoms with Gasteiger partial charge in [0.1, 0.15) is 0 Å². The van der Waals surface area contributed by atoms with E-state index in [1.807, 2.05) is 0 Å². The maximum atomic E-state index is 14.0. The van der Waals surface area contributed by atoms with Gasteiger partial charge in [-0.25, -0.2) is 8.78 Å². The van der Waals surface area contributed by atoms with Gasteiger partial charge in [0.25, 0.3) is 0 Å². The molecule has 0 aliphatic carbocycles. The summed E-state index contributed by atoms with van der Waals surface area (Å²) in [4.78, 5) is 3.86. The van der Waals surface area contributed by atoms with E-state index in [1.54, 1.807) is 0 Å². The summed E-state index contributed by atoms with van der Waals surface area (Å²) >= 11 is 2.96. The molecule has 0 spiro atoms. The van der Waals surface area contributed by atoms with E-state index >= 15 is 0 Å². The number of aromatic nitrogens is 2. The molecule has 0 atom stereocenters. The average molecular weight is 320 g/mol. The molecule has 0 bridgehead atoms. The molecule has 2 N–H and O–H groups in total. The van der Waals surface area contributed by atoms with Crippen molar-refractivity contribution in [1.82, 2.24) is 10.1 Å². The van der Waals surface area contributed by atoms with Gasteiger partial charge in [-0.15, -0.1) is 0 Å². The van der Waals surface area contributed by atoms with Crippen molar-refractivity contribution < 1.29 is 18.0 Å². The van der Waals surface area contributed by atoms with Gasteiger partial charge in [-0.1, -0.05) is 5.16 Å². The molecule has 0 radical (unpaired) electrons. The number of rotatable bonds is 3. The van der Waals surface area contributed by atoms with E-state index in [0.29, 0.717) is 0 Å². The molecule has 0 aliphatic heterocycles. The second-order valence-corrected chi connectivity index (χ2v) is 4.14. The van der Waals surface area contributed by atoms with Gasteiger partial charge >= 0.3 is 0 Å². The second kappa shape index (κ2) is 4.99. The summed E-state index contributed by atoms with van der Waals surface area (Å²) in [5, 5.41) is 3.56. The van der Waals surface area contributed by atoms with E-state index in [4.69, 9.17) is 10.3 Å². The highest BCUT2D eigenvalue weighted by molar-refractivity contribution is 9.10. The lowest BCUT2D eigenvalue weighted by Gasteiger charge is -2.07. The number of nitrogens with two attached hydrogens (primary N) is 1. The van der Waals surface area contributed by atoms with Gasteiger partial charge in [-0.3, -0.25) is 0 Å². The van der Waals surface area contributed by atoms with Crippen LogP contribution in [0.5, 0.6) is 5.75 Å². The number of hydrogen-bond acceptors (Lipinski definition) is 5. The summed E-state index contributed by atoms with van der Waals surface area (Å²) in [6.45, 7) is 0.0358. The molecule has 5 nitrogen and oxygen atoms in total. The number of hydrogen-bond donors (Lipinski definition) is 1. The normalized spacial score (nSPS) is 10.7. The standard InChI is InChI=1S/C10H8BrF2N3O2/c1-17-9-7(12)4(2-5(11)8(9)13)10-15-6(3-14)18-16-10/h2H,3,14H2,1H3. The van der Waals surface area contributed by atoms with Crippen LogP contribution in [-0.2, 0) is 6.54 Å². The van der Waals surface area contributed by atoms with Crippen molar-refractivity contribution in [2.24, 2.45) is 5.73 Å². The molecule has 1 aromatic carbocycles. The molecule has 18 heavy (non-hydrogen) atoms. The minimum atomic E-state index is -0.900. The van der Waals surface area contributed by atoms with Gasteiger partial charge in [0, 0.05) is 0 Å². The fourth-order valence-electron chi connectivity index (χ4n) is 1.37. The number of ether oxygens (including phenoxy) is 1. The van der Waals surface area contributed by atoms with Crippen LogP contribution in [0.2, 0.25) is 0 Å². The first-order valence-electron chi connectivity index (χ1n) is 4.83. The number of methoxy groups -OCH3 is 1. The van der Waals surface area contributed by atoms with Gasteiger partial charge in [0.15, 0.2) is 17.4 Å². The molecule has 0 amide bonds. The zero-order valence-corrected chi connectivity index (χ0v) is 10.8. The van der Waals surface area contributed by atoms with Crippen LogP contribution in [0.25, 0.3) is 11.4 Å². The molecular weight excluding hydrogens is 312 g/mol. The Morgan fingerprint density at radius 3 is 2.72 bits per heavy atom. The predicted octanol–water partition coefficient (Wildman–Crippen LogP) is 2.24. The van der Waals surface area contributed by atoms with Crippen molar-refractivity contribution in [3.8, 4) is 17.1 Å². The molecule has 0 unspecified atom stereocenters. The fourth-order valence-corrected chi connectivity index (χ4v) is 1.78. The summed E-state index contributed by atoms with van der Waals surface area (Å²) in [7, 11) is 1.17. The lowest BCUT2D eigenvalue weighted by molar-refractivity contribution is 0.358. The Kier molecular flexibility index (Phi) is 3.58. The van der Waals surface area contributed by atoms with Crippen LogP contribution < -0.4 is 10.5 Å². The summed E-state index contributed by atoms with van der Waals surface area (Å²) < 4.78 is 37.0. The summed E-state index contributed by atoms with van der Waals surface area (Å²) in [5.41, 5.74) is 5.27. The van der Waals surface area contributed by atoms with Gasteiger partial charge in [0.2, 0.25) is 11.7 Å². The Morgan fingerprint density at radius 1 is 1.44 bits per heavy atom. The SMILES string of the molecule is COc1c(F)c(Br)cc(-c2noc(CN)n2)c1F. The van der Waals surface area contributed by atoms with Gasteiger partial charge in [0.05, 0.1) is 23.7 Å². The zero-order chi connectivity index (χ0) is 13.3. The quantitative estimate of drug-likeness (QED) is 0.878. The lowest BCUT2D eigenvalue weighted by Crippen LogP contribution is -1.98. The van der Waals surface area contributed by atoms with E-state index in [1.165, 1.54) is 13.2 Å². The Morgan fingerprint density at radius 2 is 2.17 bits per heavy atom. The zero-order valence-electron chi connectivity index (χ0n) is 9.21. The van der Waals surface area contributed by atoms with E-state index in [-0.39, 0.29) is 28.3 Å². The van der Waals surface area contributed by atoms with Gasteiger partial charge in [-0.05, 0) is 22.0 Å². The topological polar surface area (TPSA) is 74.2 Å². The first-order valence-corrected chi connectivity index (χ1v) is 5.62. The number of halogens is 3. The Balaban J connectivity index is 2.60. The Hall–Kier alpha value is -1.54. The first kappa shape index (κ1) is 12.9. The third-order valence-electron chi connectivity index (χ3n) is 2.20. The van der Waals surface area contributed by atoms with E-state index in [9.17, 15) is 8.78 Å². The summed E-state index contributed by atoms with van der Waals surface area (Å²) in [5.74, 6) is -2.11. The Bertz CT molecular complexity index is 589. The highest BCUT2D eigenvalue weighted by atomic mass is 79.9. The van der Waals surface area contributed by atoms with Crippen molar-refractivity contribution >= 4 is 15.9 Å². The van der Waals surface area contributed by atoms with E-state index in [2.05, 4.69) is 30.8 Å². The van der Waals surface area contributed by atoms with Crippen molar-refractivity contribution in [3.05, 3.63) is 28.1 Å².